The number of methoxy groups -OCH3 is 1. The second kappa shape index (κ2) is 7.76. The topological polar surface area (TPSA) is 77.6 Å². The van der Waals surface area contributed by atoms with Gasteiger partial charge in [0.25, 0.3) is 5.56 Å². The molecule has 7 heteroatoms. The number of aromatic nitrogens is 2. The van der Waals surface area contributed by atoms with Crippen LogP contribution >= 0.6 is 0 Å². The van der Waals surface area contributed by atoms with Gasteiger partial charge in [-0.15, -0.1) is 0 Å². The summed E-state index contributed by atoms with van der Waals surface area (Å²) >= 11 is 0. The SMILES string of the molecule is COCCN(Cc1ccco1)C(=O)Cn1ncc2ccccc2c1=O. The van der Waals surface area contributed by atoms with Gasteiger partial charge < -0.3 is 14.1 Å². The van der Waals surface area contributed by atoms with Crippen LogP contribution in [0.2, 0.25) is 0 Å². The Kier molecular flexibility index (Phi) is 5.25. The molecular weight excluding hydrogens is 322 g/mol. The summed E-state index contributed by atoms with van der Waals surface area (Å²) in [4.78, 5) is 26.8. The number of ether oxygens (including phenoxy) is 1. The summed E-state index contributed by atoms with van der Waals surface area (Å²) in [5.74, 6) is 0.446. The van der Waals surface area contributed by atoms with E-state index in [1.807, 2.05) is 12.1 Å². The lowest BCUT2D eigenvalue weighted by Gasteiger charge is -2.21. The molecule has 0 fully saturated rings. The zero-order valence-electron chi connectivity index (χ0n) is 13.9. The molecule has 0 aliphatic rings. The fraction of sp³-hybridized carbons (Fsp3) is 0.278. The van der Waals surface area contributed by atoms with Crippen LogP contribution in [-0.4, -0.2) is 40.8 Å². The van der Waals surface area contributed by atoms with E-state index in [2.05, 4.69) is 5.10 Å². The molecule has 0 aliphatic carbocycles. The Morgan fingerprint density at radius 2 is 2.12 bits per heavy atom. The highest BCUT2D eigenvalue weighted by molar-refractivity contribution is 5.81. The standard InChI is InChI=1S/C18H19N3O4/c1-24-10-8-20(12-15-6-4-9-25-15)17(22)13-21-18(23)16-7-3-2-5-14(16)11-19-21/h2-7,9,11H,8,10,12-13H2,1H3. The van der Waals surface area contributed by atoms with Crippen molar-refractivity contribution in [2.75, 3.05) is 20.3 Å². The molecule has 2 heterocycles. The van der Waals surface area contributed by atoms with Crippen LogP contribution in [0.4, 0.5) is 0 Å². The van der Waals surface area contributed by atoms with Crippen molar-refractivity contribution >= 4 is 16.7 Å². The normalized spacial score (nSPS) is 10.9. The van der Waals surface area contributed by atoms with Crippen molar-refractivity contribution in [1.82, 2.24) is 14.7 Å². The second-order valence-electron chi connectivity index (χ2n) is 5.58. The minimum absolute atomic E-state index is 0.131. The monoisotopic (exact) mass is 341 g/mol. The summed E-state index contributed by atoms with van der Waals surface area (Å²) in [5, 5.41) is 5.40. The summed E-state index contributed by atoms with van der Waals surface area (Å²) in [5.41, 5.74) is -0.281. The van der Waals surface area contributed by atoms with Crippen LogP contribution < -0.4 is 5.56 Å². The van der Waals surface area contributed by atoms with Crippen LogP contribution in [0.1, 0.15) is 5.76 Å². The summed E-state index contributed by atoms with van der Waals surface area (Å²) < 4.78 is 11.6. The maximum atomic E-state index is 12.7. The number of fused-ring (bicyclic) bond motifs is 1. The van der Waals surface area contributed by atoms with Crippen LogP contribution in [0, 0.1) is 0 Å². The fourth-order valence-electron chi connectivity index (χ4n) is 2.55. The molecule has 0 aliphatic heterocycles. The van der Waals surface area contributed by atoms with Crippen LogP contribution in [0.3, 0.4) is 0 Å². The van der Waals surface area contributed by atoms with Crippen molar-refractivity contribution in [3.05, 3.63) is 65.0 Å². The molecule has 0 saturated heterocycles. The Morgan fingerprint density at radius 1 is 1.28 bits per heavy atom. The molecule has 0 radical (unpaired) electrons. The first-order chi connectivity index (χ1) is 12.2. The van der Waals surface area contributed by atoms with Gasteiger partial charge in [-0.3, -0.25) is 9.59 Å². The van der Waals surface area contributed by atoms with E-state index in [1.54, 1.807) is 48.7 Å². The third kappa shape index (κ3) is 3.95. The van der Waals surface area contributed by atoms with Gasteiger partial charge in [-0.2, -0.15) is 5.10 Å². The van der Waals surface area contributed by atoms with Crippen molar-refractivity contribution in [2.45, 2.75) is 13.1 Å². The van der Waals surface area contributed by atoms with Crippen LogP contribution in [0.5, 0.6) is 0 Å². The number of carbonyl (C=O) groups is 1. The lowest BCUT2D eigenvalue weighted by Crippen LogP contribution is -2.38. The number of hydrogen-bond donors (Lipinski definition) is 0. The molecule has 0 atom stereocenters. The Labute approximate surface area is 144 Å². The Hall–Kier alpha value is -2.93. The van der Waals surface area contributed by atoms with E-state index in [9.17, 15) is 9.59 Å². The number of carbonyl (C=O) groups excluding carboxylic acids is 1. The molecule has 0 spiro atoms. The van der Waals surface area contributed by atoms with Crippen LogP contribution in [0.15, 0.2) is 58.1 Å². The van der Waals surface area contributed by atoms with E-state index in [0.29, 0.717) is 30.8 Å². The maximum Gasteiger partial charge on any atom is 0.275 e. The van der Waals surface area contributed by atoms with Crippen molar-refractivity contribution < 1.29 is 13.9 Å². The number of hydrogen-bond acceptors (Lipinski definition) is 5. The van der Waals surface area contributed by atoms with Crippen LogP contribution in [-0.2, 0) is 22.6 Å². The first kappa shape index (κ1) is 16.9. The molecule has 25 heavy (non-hydrogen) atoms. The number of nitrogens with zero attached hydrogens (tertiary/aromatic N) is 3. The molecule has 3 aromatic rings. The summed E-state index contributed by atoms with van der Waals surface area (Å²) in [6.07, 6.45) is 3.15. The lowest BCUT2D eigenvalue weighted by atomic mass is 10.2. The van der Waals surface area contributed by atoms with Crippen molar-refractivity contribution in [3.8, 4) is 0 Å². The smallest absolute Gasteiger partial charge is 0.275 e. The van der Waals surface area contributed by atoms with Crippen molar-refractivity contribution in [3.63, 3.8) is 0 Å². The van der Waals surface area contributed by atoms with E-state index < -0.39 is 0 Å². The third-order valence-corrected chi connectivity index (χ3v) is 3.89. The van der Waals surface area contributed by atoms with Crippen molar-refractivity contribution in [2.24, 2.45) is 0 Å². The number of furan rings is 1. The first-order valence-electron chi connectivity index (χ1n) is 7.93. The minimum atomic E-state index is -0.281. The van der Waals surface area contributed by atoms with Gasteiger partial charge in [0.1, 0.15) is 12.3 Å². The van der Waals surface area contributed by atoms with Crippen LogP contribution in [0.25, 0.3) is 10.8 Å². The largest absolute Gasteiger partial charge is 0.467 e. The van der Waals surface area contributed by atoms with E-state index in [1.165, 1.54) is 4.68 Å². The molecule has 0 N–H and O–H groups in total. The molecule has 7 nitrogen and oxygen atoms in total. The van der Waals surface area contributed by atoms with Gasteiger partial charge in [-0.05, 0) is 18.2 Å². The van der Waals surface area contributed by atoms with E-state index in [-0.39, 0.29) is 18.0 Å². The molecule has 0 bridgehead atoms. The molecular formula is C18H19N3O4. The van der Waals surface area contributed by atoms with Gasteiger partial charge in [0.2, 0.25) is 5.91 Å². The predicted molar refractivity (Wildman–Crippen MR) is 92.0 cm³/mol. The van der Waals surface area contributed by atoms with E-state index in [0.717, 1.165) is 5.39 Å². The predicted octanol–water partition coefficient (Wildman–Crippen LogP) is 1.66. The zero-order chi connectivity index (χ0) is 17.6. The molecule has 1 amide bonds. The lowest BCUT2D eigenvalue weighted by molar-refractivity contribution is -0.133. The number of amides is 1. The highest BCUT2D eigenvalue weighted by atomic mass is 16.5. The summed E-state index contributed by atoms with van der Waals surface area (Å²) in [7, 11) is 1.57. The van der Waals surface area contributed by atoms with Gasteiger partial charge in [-0.25, -0.2) is 4.68 Å². The molecule has 130 valence electrons. The molecule has 3 rings (SSSR count). The highest BCUT2D eigenvalue weighted by Crippen LogP contribution is 2.08. The Balaban J connectivity index is 1.80. The Morgan fingerprint density at radius 3 is 2.88 bits per heavy atom. The average Bonchev–Trinajstić information content (AvgIpc) is 3.14. The zero-order valence-corrected chi connectivity index (χ0v) is 13.9. The van der Waals surface area contributed by atoms with Gasteiger partial charge in [0.15, 0.2) is 0 Å². The van der Waals surface area contributed by atoms with Gasteiger partial charge in [-0.1, -0.05) is 18.2 Å². The van der Waals surface area contributed by atoms with E-state index in [4.69, 9.17) is 9.15 Å². The van der Waals surface area contributed by atoms with Gasteiger partial charge in [0, 0.05) is 19.0 Å². The fourth-order valence-corrected chi connectivity index (χ4v) is 2.55. The van der Waals surface area contributed by atoms with Gasteiger partial charge >= 0.3 is 0 Å². The Bertz CT molecular complexity index is 902. The molecule has 2 aromatic heterocycles. The minimum Gasteiger partial charge on any atom is -0.467 e. The first-order valence-corrected chi connectivity index (χ1v) is 7.93. The molecule has 0 saturated carbocycles. The molecule has 1 aromatic carbocycles. The maximum absolute atomic E-state index is 12.7. The van der Waals surface area contributed by atoms with Crippen molar-refractivity contribution in [1.29, 1.82) is 0 Å². The number of benzene rings is 1. The summed E-state index contributed by atoms with van der Waals surface area (Å²) in [6, 6.07) is 10.7. The van der Waals surface area contributed by atoms with E-state index >= 15 is 0 Å². The quantitative estimate of drug-likeness (QED) is 0.653. The number of rotatable bonds is 7. The highest BCUT2D eigenvalue weighted by Gasteiger charge is 2.17. The molecule has 0 unspecified atom stereocenters. The summed E-state index contributed by atoms with van der Waals surface area (Å²) in [6.45, 7) is 0.983. The average molecular weight is 341 g/mol. The van der Waals surface area contributed by atoms with Gasteiger partial charge in [0.05, 0.1) is 31.0 Å². The third-order valence-electron chi connectivity index (χ3n) is 3.89. The second-order valence-corrected chi connectivity index (χ2v) is 5.58.